The van der Waals surface area contributed by atoms with E-state index < -0.39 is 6.10 Å². The molecule has 1 aliphatic rings. The number of aliphatic hydroxyl groups is 2. The molecular formula is C15H22O4. The van der Waals surface area contributed by atoms with Crippen molar-refractivity contribution in [1.29, 1.82) is 0 Å². The fourth-order valence-electron chi connectivity index (χ4n) is 2.34. The van der Waals surface area contributed by atoms with E-state index in [2.05, 4.69) is 0 Å². The van der Waals surface area contributed by atoms with E-state index in [0.29, 0.717) is 12.4 Å². The quantitative estimate of drug-likeness (QED) is 0.824. The third-order valence-corrected chi connectivity index (χ3v) is 3.36. The summed E-state index contributed by atoms with van der Waals surface area (Å²) in [5, 5.41) is 19.6. The van der Waals surface area contributed by atoms with Crippen molar-refractivity contribution in [2.75, 3.05) is 19.8 Å². The molecular weight excluding hydrogens is 244 g/mol. The minimum Gasteiger partial charge on any atom is -0.491 e. The molecule has 0 fully saturated rings. The molecule has 1 aliphatic carbocycles. The summed E-state index contributed by atoms with van der Waals surface area (Å²) in [5.41, 5.74) is 2.16. The highest BCUT2D eigenvalue weighted by Gasteiger charge is 2.18. The molecule has 0 radical (unpaired) electrons. The standard InChI is InChI=1S/C15H22O4/c1-2-18-9-12(16)10-19-13-7-6-11-4-3-5-15(17)14(11)8-13/h6-8,12,15-17H,2-5,9-10H2,1H3. The van der Waals surface area contributed by atoms with E-state index in [1.54, 1.807) is 0 Å². The molecule has 0 spiro atoms. The molecule has 0 aliphatic heterocycles. The van der Waals surface area contributed by atoms with Crippen LogP contribution in [0.15, 0.2) is 18.2 Å². The predicted octanol–water partition coefficient (Wildman–Crippen LogP) is 1.83. The second-order valence-electron chi connectivity index (χ2n) is 4.89. The Morgan fingerprint density at radius 3 is 3.00 bits per heavy atom. The lowest BCUT2D eigenvalue weighted by Gasteiger charge is -2.22. The number of benzene rings is 1. The Bertz CT molecular complexity index is 405. The molecule has 1 aromatic rings. The van der Waals surface area contributed by atoms with Crippen LogP contribution < -0.4 is 4.74 Å². The fraction of sp³-hybridized carbons (Fsp3) is 0.600. The highest BCUT2D eigenvalue weighted by atomic mass is 16.5. The van der Waals surface area contributed by atoms with E-state index in [-0.39, 0.29) is 19.3 Å². The van der Waals surface area contributed by atoms with Crippen LogP contribution in [0.4, 0.5) is 0 Å². The molecule has 4 heteroatoms. The lowest BCUT2D eigenvalue weighted by molar-refractivity contribution is 0.0164. The summed E-state index contributed by atoms with van der Waals surface area (Å²) in [7, 11) is 0. The zero-order valence-corrected chi connectivity index (χ0v) is 11.3. The van der Waals surface area contributed by atoms with Crippen molar-refractivity contribution >= 4 is 0 Å². The molecule has 0 aromatic heterocycles. The molecule has 19 heavy (non-hydrogen) atoms. The van der Waals surface area contributed by atoms with E-state index in [1.807, 2.05) is 25.1 Å². The number of hydrogen-bond acceptors (Lipinski definition) is 4. The number of ether oxygens (including phenoxy) is 2. The first-order valence-electron chi connectivity index (χ1n) is 6.90. The maximum atomic E-state index is 9.95. The highest BCUT2D eigenvalue weighted by Crippen LogP contribution is 2.32. The van der Waals surface area contributed by atoms with Crippen LogP contribution in [0.25, 0.3) is 0 Å². The maximum Gasteiger partial charge on any atom is 0.119 e. The molecule has 0 saturated heterocycles. The van der Waals surface area contributed by atoms with Gasteiger partial charge in [-0.15, -0.1) is 0 Å². The van der Waals surface area contributed by atoms with Gasteiger partial charge in [0.25, 0.3) is 0 Å². The number of aliphatic hydroxyl groups excluding tert-OH is 2. The summed E-state index contributed by atoms with van der Waals surface area (Å²) in [6.45, 7) is 2.96. The van der Waals surface area contributed by atoms with Crippen LogP contribution in [0.5, 0.6) is 5.75 Å². The Morgan fingerprint density at radius 2 is 2.21 bits per heavy atom. The monoisotopic (exact) mass is 266 g/mol. The molecule has 2 rings (SSSR count). The molecule has 2 unspecified atom stereocenters. The van der Waals surface area contributed by atoms with Gasteiger partial charge in [0.1, 0.15) is 18.5 Å². The molecule has 0 heterocycles. The minimum atomic E-state index is -0.624. The molecule has 4 nitrogen and oxygen atoms in total. The first-order valence-corrected chi connectivity index (χ1v) is 6.90. The molecule has 0 saturated carbocycles. The average Bonchev–Trinajstić information content (AvgIpc) is 2.43. The summed E-state index contributed by atoms with van der Waals surface area (Å²) in [6.07, 6.45) is 1.84. The Morgan fingerprint density at radius 1 is 1.37 bits per heavy atom. The van der Waals surface area contributed by atoms with E-state index in [1.165, 1.54) is 5.56 Å². The number of rotatable bonds is 6. The zero-order valence-electron chi connectivity index (χ0n) is 11.3. The van der Waals surface area contributed by atoms with Crippen molar-refractivity contribution in [2.45, 2.75) is 38.4 Å². The van der Waals surface area contributed by atoms with Crippen molar-refractivity contribution in [1.82, 2.24) is 0 Å². The Hall–Kier alpha value is -1.10. The van der Waals surface area contributed by atoms with Crippen LogP contribution in [0.3, 0.4) is 0 Å². The zero-order chi connectivity index (χ0) is 13.7. The summed E-state index contributed by atoms with van der Waals surface area (Å²) in [6, 6.07) is 5.78. The third-order valence-electron chi connectivity index (χ3n) is 3.36. The maximum absolute atomic E-state index is 9.95. The lowest BCUT2D eigenvalue weighted by atomic mass is 9.89. The van der Waals surface area contributed by atoms with Gasteiger partial charge in [-0.1, -0.05) is 6.07 Å². The Balaban J connectivity index is 1.92. The summed E-state index contributed by atoms with van der Waals surface area (Å²) >= 11 is 0. The van der Waals surface area contributed by atoms with Gasteiger partial charge in [0.2, 0.25) is 0 Å². The van der Waals surface area contributed by atoms with E-state index in [4.69, 9.17) is 9.47 Å². The molecule has 0 amide bonds. The van der Waals surface area contributed by atoms with Crippen LogP contribution in [0, 0.1) is 0 Å². The van der Waals surface area contributed by atoms with Crippen molar-refractivity contribution in [3.63, 3.8) is 0 Å². The lowest BCUT2D eigenvalue weighted by Crippen LogP contribution is -2.23. The van der Waals surface area contributed by atoms with Crippen molar-refractivity contribution < 1.29 is 19.7 Å². The number of hydrogen-bond donors (Lipinski definition) is 2. The van der Waals surface area contributed by atoms with Crippen molar-refractivity contribution in [2.24, 2.45) is 0 Å². The topological polar surface area (TPSA) is 58.9 Å². The molecule has 0 bridgehead atoms. The van der Waals surface area contributed by atoms with Gasteiger partial charge in [-0.25, -0.2) is 0 Å². The fourth-order valence-corrected chi connectivity index (χ4v) is 2.34. The van der Waals surface area contributed by atoms with Gasteiger partial charge < -0.3 is 19.7 Å². The van der Waals surface area contributed by atoms with Gasteiger partial charge >= 0.3 is 0 Å². The van der Waals surface area contributed by atoms with E-state index in [9.17, 15) is 10.2 Å². The van der Waals surface area contributed by atoms with E-state index >= 15 is 0 Å². The largest absolute Gasteiger partial charge is 0.491 e. The van der Waals surface area contributed by atoms with Gasteiger partial charge in [0, 0.05) is 6.61 Å². The normalized spacial score (nSPS) is 19.8. The van der Waals surface area contributed by atoms with Gasteiger partial charge in [-0.05, 0) is 49.4 Å². The predicted molar refractivity (Wildman–Crippen MR) is 72.3 cm³/mol. The minimum absolute atomic E-state index is 0.203. The van der Waals surface area contributed by atoms with E-state index in [0.717, 1.165) is 24.8 Å². The van der Waals surface area contributed by atoms with Gasteiger partial charge in [-0.2, -0.15) is 0 Å². The summed E-state index contributed by atoms with van der Waals surface area (Å²) in [5.74, 6) is 0.690. The van der Waals surface area contributed by atoms with Crippen LogP contribution in [-0.4, -0.2) is 36.1 Å². The first-order chi connectivity index (χ1) is 9.20. The van der Waals surface area contributed by atoms with Gasteiger partial charge in [0.15, 0.2) is 0 Å². The molecule has 2 atom stereocenters. The molecule has 106 valence electrons. The average molecular weight is 266 g/mol. The second kappa shape index (κ2) is 6.89. The summed E-state index contributed by atoms with van der Waals surface area (Å²) in [4.78, 5) is 0. The first kappa shape index (κ1) is 14.3. The summed E-state index contributed by atoms with van der Waals surface area (Å²) < 4.78 is 10.7. The van der Waals surface area contributed by atoms with Crippen molar-refractivity contribution in [3.05, 3.63) is 29.3 Å². The van der Waals surface area contributed by atoms with Gasteiger partial charge in [-0.3, -0.25) is 0 Å². The number of aryl methyl sites for hydroxylation is 1. The van der Waals surface area contributed by atoms with Crippen LogP contribution in [-0.2, 0) is 11.2 Å². The Labute approximate surface area is 114 Å². The van der Waals surface area contributed by atoms with Crippen molar-refractivity contribution in [3.8, 4) is 5.75 Å². The second-order valence-corrected chi connectivity index (χ2v) is 4.89. The van der Waals surface area contributed by atoms with Crippen LogP contribution in [0.2, 0.25) is 0 Å². The molecule has 2 N–H and O–H groups in total. The van der Waals surface area contributed by atoms with Gasteiger partial charge in [0.05, 0.1) is 12.7 Å². The Kier molecular flexibility index (Phi) is 5.19. The number of fused-ring (bicyclic) bond motifs is 1. The SMILES string of the molecule is CCOCC(O)COc1ccc2c(c1)C(O)CCC2. The van der Waals surface area contributed by atoms with Crippen LogP contribution in [0.1, 0.15) is 37.0 Å². The molecule has 1 aromatic carbocycles. The highest BCUT2D eigenvalue weighted by molar-refractivity contribution is 5.38. The smallest absolute Gasteiger partial charge is 0.119 e. The van der Waals surface area contributed by atoms with Crippen LogP contribution >= 0.6 is 0 Å². The third kappa shape index (κ3) is 3.93.